The number of ether oxygens (including phenoxy) is 1. The zero-order chi connectivity index (χ0) is 18.6. The van der Waals surface area contributed by atoms with Crippen LogP contribution in [0.15, 0.2) is 27.8 Å². The largest absolute Gasteiger partial charge is 0.467 e. The molecule has 0 spiro atoms. The summed E-state index contributed by atoms with van der Waals surface area (Å²) in [4.78, 5) is 19.8. The highest BCUT2D eigenvalue weighted by Gasteiger charge is 2.17. The fourth-order valence-electron chi connectivity index (χ4n) is 2.79. The minimum atomic E-state index is 0.167. The third-order valence-corrected chi connectivity index (χ3v) is 4.34. The van der Waals surface area contributed by atoms with Crippen LogP contribution in [0.25, 0.3) is 0 Å². The number of piperazine rings is 1. The van der Waals surface area contributed by atoms with Gasteiger partial charge in [0.25, 0.3) is 0 Å². The second-order valence-electron chi connectivity index (χ2n) is 6.26. The molecule has 1 aromatic rings. The topological polar surface area (TPSA) is 82.3 Å². The lowest BCUT2D eigenvalue weighted by atomic mass is 10.3. The normalized spacial score (nSPS) is 15.9. The van der Waals surface area contributed by atoms with Crippen LogP contribution >= 0.6 is 0 Å². The van der Waals surface area contributed by atoms with Gasteiger partial charge in [0.15, 0.2) is 5.96 Å². The molecule has 0 unspecified atom stereocenters. The van der Waals surface area contributed by atoms with Crippen LogP contribution in [-0.4, -0.2) is 81.1 Å². The van der Waals surface area contributed by atoms with Gasteiger partial charge in [-0.1, -0.05) is 0 Å². The van der Waals surface area contributed by atoms with Crippen molar-refractivity contribution in [3.8, 4) is 0 Å². The Bertz CT molecular complexity index is 539. The van der Waals surface area contributed by atoms with E-state index in [1.54, 1.807) is 20.2 Å². The maximum Gasteiger partial charge on any atom is 0.219 e. The Balaban J connectivity index is 1.48. The molecule has 1 fully saturated rings. The van der Waals surface area contributed by atoms with Gasteiger partial charge in [-0.15, -0.1) is 0 Å². The summed E-state index contributed by atoms with van der Waals surface area (Å²) in [6, 6.07) is 3.77. The predicted octanol–water partition coefficient (Wildman–Crippen LogP) is 0.515. The highest BCUT2D eigenvalue weighted by molar-refractivity contribution is 5.79. The third-order valence-electron chi connectivity index (χ3n) is 4.34. The number of aliphatic imine (C=N–C) groups is 1. The number of hydrogen-bond donors (Lipinski definition) is 2. The monoisotopic (exact) mass is 365 g/mol. The number of carbonyl (C=O) groups is 1. The van der Waals surface area contributed by atoms with Crippen LogP contribution < -0.4 is 10.6 Å². The van der Waals surface area contributed by atoms with Crippen LogP contribution in [0, 0.1) is 0 Å². The van der Waals surface area contributed by atoms with Crippen molar-refractivity contribution in [2.45, 2.75) is 20.0 Å². The lowest BCUT2D eigenvalue weighted by Gasteiger charge is -2.34. The minimum Gasteiger partial charge on any atom is -0.467 e. The molecule has 146 valence electrons. The average Bonchev–Trinajstić information content (AvgIpc) is 3.17. The first-order chi connectivity index (χ1) is 12.7. The van der Waals surface area contributed by atoms with Crippen LogP contribution in [0.3, 0.4) is 0 Å². The summed E-state index contributed by atoms with van der Waals surface area (Å²) in [5, 5.41) is 6.61. The number of amides is 1. The van der Waals surface area contributed by atoms with Gasteiger partial charge >= 0.3 is 0 Å². The predicted molar refractivity (Wildman–Crippen MR) is 101 cm³/mol. The van der Waals surface area contributed by atoms with E-state index in [4.69, 9.17) is 9.15 Å². The van der Waals surface area contributed by atoms with Crippen molar-refractivity contribution >= 4 is 11.9 Å². The van der Waals surface area contributed by atoms with Crippen LogP contribution in [0.1, 0.15) is 19.1 Å². The number of nitrogens with one attached hydrogen (secondary N) is 2. The maximum atomic E-state index is 11.3. The van der Waals surface area contributed by atoms with E-state index in [1.165, 1.54) is 0 Å². The molecule has 2 rings (SSSR count). The molecule has 1 aliphatic rings. The lowest BCUT2D eigenvalue weighted by molar-refractivity contribution is -0.130. The Labute approximate surface area is 155 Å². The molecular formula is C18H31N5O3. The van der Waals surface area contributed by atoms with Crippen molar-refractivity contribution in [1.29, 1.82) is 0 Å². The number of guanidine groups is 1. The molecular weight excluding hydrogens is 334 g/mol. The SMILES string of the molecule is CN=C(NCCCOCc1ccco1)NCCN1CCN(C(C)=O)CC1. The summed E-state index contributed by atoms with van der Waals surface area (Å²) >= 11 is 0. The average molecular weight is 365 g/mol. The van der Waals surface area contributed by atoms with Crippen LogP contribution in [-0.2, 0) is 16.1 Å². The van der Waals surface area contributed by atoms with Crippen molar-refractivity contribution in [2.75, 3.05) is 59.5 Å². The second-order valence-corrected chi connectivity index (χ2v) is 6.26. The fourth-order valence-corrected chi connectivity index (χ4v) is 2.79. The molecule has 8 heteroatoms. The molecule has 1 amide bonds. The molecule has 2 N–H and O–H groups in total. The molecule has 0 aliphatic carbocycles. The zero-order valence-corrected chi connectivity index (χ0v) is 15.9. The molecule has 2 heterocycles. The van der Waals surface area contributed by atoms with Gasteiger partial charge in [-0.2, -0.15) is 0 Å². The van der Waals surface area contributed by atoms with Gasteiger partial charge in [0.05, 0.1) is 6.26 Å². The molecule has 0 aromatic carbocycles. The van der Waals surface area contributed by atoms with E-state index >= 15 is 0 Å². The molecule has 0 radical (unpaired) electrons. The van der Waals surface area contributed by atoms with Gasteiger partial charge in [0.2, 0.25) is 5.91 Å². The zero-order valence-electron chi connectivity index (χ0n) is 15.9. The van der Waals surface area contributed by atoms with E-state index in [0.717, 1.165) is 64.0 Å². The van der Waals surface area contributed by atoms with Crippen LogP contribution in [0.4, 0.5) is 0 Å². The smallest absolute Gasteiger partial charge is 0.219 e. The first-order valence-corrected chi connectivity index (χ1v) is 9.21. The summed E-state index contributed by atoms with van der Waals surface area (Å²) in [5.41, 5.74) is 0. The van der Waals surface area contributed by atoms with Crippen molar-refractivity contribution in [2.24, 2.45) is 4.99 Å². The second kappa shape index (κ2) is 11.5. The number of carbonyl (C=O) groups excluding carboxylic acids is 1. The van der Waals surface area contributed by atoms with E-state index < -0.39 is 0 Å². The molecule has 26 heavy (non-hydrogen) atoms. The van der Waals surface area contributed by atoms with E-state index in [-0.39, 0.29) is 5.91 Å². The summed E-state index contributed by atoms with van der Waals surface area (Å²) in [7, 11) is 1.77. The Hall–Kier alpha value is -2.06. The summed E-state index contributed by atoms with van der Waals surface area (Å²) in [5.74, 6) is 1.82. The maximum absolute atomic E-state index is 11.3. The standard InChI is InChI=1S/C18H31N5O3/c1-16(24)23-11-9-22(10-12-23)8-7-21-18(19-2)20-6-4-13-25-15-17-5-3-14-26-17/h3,5,14H,4,6-13,15H2,1-2H3,(H2,19,20,21). The molecule has 8 nitrogen and oxygen atoms in total. The number of hydrogen-bond acceptors (Lipinski definition) is 5. The van der Waals surface area contributed by atoms with Crippen molar-refractivity contribution in [3.05, 3.63) is 24.2 Å². The number of nitrogens with zero attached hydrogens (tertiary/aromatic N) is 3. The molecule has 0 saturated carbocycles. The quantitative estimate of drug-likeness (QED) is 0.377. The highest BCUT2D eigenvalue weighted by atomic mass is 16.5. The van der Waals surface area contributed by atoms with Gasteiger partial charge < -0.3 is 24.7 Å². The van der Waals surface area contributed by atoms with E-state index in [2.05, 4.69) is 20.5 Å². The van der Waals surface area contributed by atoms with Gasteiger partial charge in [0.1, 0.15) is 12.4 Å². The summed E-state index contributed by atoms with van der Waals surface area (Å²) in [6.07, 6.45) is 2.55. The molecule has 0 atom stereocenters. The highest BCUT2D eigenvalue weighted by Crippen LogP contribution is 2.02. The van der Waals surface area contributed by atoms with Gasteiger partial charge in [-0.3, -0.25) is 14.7 Å². The Morgan fingerprint density at radius 2 is 2.04 bits per heavy atom. The third kappa shape index (κ3) is 7.45. The van der Waals surface area contributed by atoms with Gasteiger partial charge in [-0.25, -0.2) is 0 Å². The van der Waals surface area contributed by atoms with Gasteiger partial charge in [0, 0.05) is 66.4 Å². The molecule has 1 aromatic heterocycles. The summed E-state index contributed by atoms with van der Waals surface area (Å²) in [6.45, 7) is 8.89. The summed E-state index contributed by atoms with van der Waals surface area (Å²) < 4.78 is 10.8. The molecule has 1 aliphatic heterocycles. The van der Waals surface area contributed by atoms with E-state index in [1.807, 2.05) is 17.0 Å². The molecule has 0 bridgehead atoms. The lowest BCUT2D eigenvalue weighted by Crippen LogP contribution is -2.50. The van der Waals surface area contributed by atoms with Crippen molar-refractivity contribution in [3.63, 3.8) is 0 Å². The fraction of sp³-hybridized carbons (Fsp3) is 0.667. The Kier molecular flexibility index (Phi) is 8.99. The van der Waals surface area contributed by atoms with Gasteiger partial charge in [-0.05, 0) is 18.6 Å². The number of furan rings is 1. The van der Waals surface area contributed by atoms with Crippen molar-refractivity contribution < 1.29 is 13.9 Å². The molecule has 1 saturated heterocycles. The van der Waals surface area contributed by atoms with Crippen molar-refractivity contribution in [1.82, 2.24) is 20.4 Å². The number of rotatable bonds is 9. The Morgan fingerprint density at radius 3 is 2.69 bits per heavy atom. The van der Waals surface area contributed by atoms with Crippen LogP contribution in [0.5, 0.6) is 0 Å². The first-order valence-electron chi connectivity index (χ1n) is 9.21. The van der Waals surface area contributed by atoms with Crippen LogP contribution in [0.2, 0.25) is 0 Å². The van der Waals surface area contributed by atoms with E-state index in [9.17, 15) is 4.79 Å². The van der Waals surface area contributed by atoms with E-state index in [0.29, 0.717) is 13.2 Å². The first kappa shape index (κ1) is 20.3. The Morgan fingerprint density at radius 1 is 1.27 bits per heavy atom. The minimum absolute atomic E-state index is 0.167.